The summed E-state index contributed by atoms with van der Waals surface area (Å²) < 4.78 is 7.42. The first kappa shape index (κ1) is 15.0. The van der Waals surface area contributed by atoms with Gasteiger partial charge in [-0.1, -0.05) is 12.1 Å². The predicted molar refractivity (Wildman–Crippen MR) is 88.0 cm³/mol. The first-order valence-electron chi connectivity index (χ1n) is 5.91. The van der Waals surface area contributed by atoms with E-state index in [4.69, 9.17) is 4.74 Å². The second kappa shape index (κ2) is 6.88. The van der Waals surface area contributed by atoms with Crippen molar-refractivity contribution in [3.05, 3.63) is 49.0 Å². The van der Waals surface area contributed by atoms with E-state index in [9.17, 15) is 0 Å². The standard InChI is InChI=1S/C14H15Br2NOS/c1-9(10-3-5-11(18-2)6-4-10)17-8-12-7-13(15)14(16)19-12/h3-7,9,17H,8H2,1-2H3/t9-/m0/s1. The van der Waals surface area contributed by atoms with Gasteiger partial charge in [0.05, 0.1) is 10.9 Å². The summed E-state index contributed by atoms with van der Waals surface area (Å²) in [7, 11) is 1.68. The molecule has 1 aromatic carbocycles. The molecule has 102 valence electrons. The van der Waals surface area contributed by atoms with Crippen LogP contribution in [0.2, 0.25) is 0 Å². The van der Waals surface area contributed by atoms with Gasteiger partial charge >= 0.3 is 0 Å². The number of benzene rings is 1. The highest BCUT2D eigenvalue weighted by Gasteiger charge is 2.08. The molecule has 1 aromatic heterocycles. The van der Waals surface area contributed by atoms with Gasteiger partial charge in [-0.15, -0.1) is 11.3 Å². The van der Waals surface area contributed by atoms with Gasteiger partial charge in [0.25, 0.3) is 0 Å². The van der Waals surface area contributed by atoms with E-state index in [1.165, 1.54) is 10.4 Å². The second-order valence-electron chi connectivity index (χ2n) is 4.21. The minimum Gasteiger partial charge on any atom is -0.497 e. The summed E-state index contributed by atoms with van der Waals surface area (Å²) in [5.41, 5.74) is 1.26. The van der Waals surface area contributed by atoms with E-state index >= 15 is 0 Å². The van der Waals surface area contributed by atoms with Crippen LogP contribution in [-0.2, 0) is 6.54 Å². The van der Waals surface area contributed by atoms with Crippen molar-refractivity contribution in [2.24, 2.45) is 0 Å². The Morgan fingerprint density at radius 3 is 2.47 bits per heavy atom. The van der Waals surface area contributed by atoms with Crippen molar-refractivity contribution in [2.75, 3.05) is 7.11 Å². The molecule has 0 amide bonds. The molecular formula is C14H15Br2NOS. The molecule has 0 bridgehead atoms. The Balaban J connectivity index is 1.94. The lowest BCUT2D eigenvalue weighted by Crippen LogP contribution is -2.17. The van der Waals surface area contributed by atoms with Gasteiger partial charge in [-0.05, 0) is 62.5 Å². The van der Waals surface area contributed by atoms with Crippen LogP contribution in [0.1, 0.15) is 23.4 Å². The molecule has 0 fully saturated rings. The average Bonchev–Trinajstić information content (AvgIpc) is 2.75. The summed E-state index contributed by atoms with van der Waals surface area (Å²) in [5, 5.41) is 3.52. The Morgan fingerprint density at radius 2 is 1.95 bits per heavy atom. The normalized spacial score (nSPS) is 12.4. The largest absolute Gasteiger partial charge is 0.497 e. The average molecular weight is 405 g/mol. The van der Waals surface area contributed by atoms with Gasteiger partial charge in [0.15, 0.2) is 0 Å². The van der Waals surface area contributed by atoms with Gasteiger partial charge in [-0.25, -0.2) is 0 Å². The molecule has 0 radical (unpaired) electrons. The van der Waals surface area contributed by atoms with Crippen LogP contribution in [0.4, 0.5) is 0 Å². The van der Waals surface area contributed by atoms with Gasteiger partial charge in [0, 0.05) is 21.9 Å². The van der Waals surface area contributed by atoms with Crippen molar-refractivity contribution >= 4 is 43.2 Å². The third-order valence-corrected chi connectivity index (χ3v) is 6.15. The summed E-state index contributed by atoms with van der Waals surface area (Å²) in [5.74, 6) is 0.891. The molecule has 0 aliphatic carbocycles. The topological polar surface area (TPSA) is 21.3 Å². The van der Waals surface area contributed by atoms with Gasteiger partial charge in [-0.2, -0.15) is 0 Å². The second-order valence-corrected chi connectivity index (χ2v) is 7.52. The molecule has 5 heteroatoms. The van der Waals surface area contributed by atoms with Crippen molar-refractivity contribution < 1.29 is 4.74 Å². The third kappa shape index (κ3) is 4.05. The Bertz CT molecular complexity index is 519. The lowest BCUT2D eigenvalue weighted by Gasteiger charge is -2.14. The van der Waals surface area contributed by atoms with Crippen LogP contribution < -0.4 is 10.1 Å². The molecule has 1 atom stereocenters. The summed E-state index contributed by atoms with van der Waals surface area (Å²) in [6, 6.07) is 10.6. The van der Waals surface area contributed by atoms with Crippen molar-refractivity contribution in [3.8, 4) is 5.75 Å². The zero-order chi connectivity index (χ0) is 13.8. The van der Waals surface area contributed by atoms with Gasteiger partial charge in [0.2, 0.25) is 0 Å². The highest BCUT2D eigenvalue weighted by molar-refractivity contribution is 9.13. The summed E-state index contributed by atoms with van der Waals surface area (Å²) >= 11 is 8.76. The number of nitrogens with one attached hydrogen (secondary N) is 1. The highest BCUT2D eigenvalue weighted by atomic mass is 79.9. The molecule has 19 heavy (non-hydrogen) atoms. The van der Waals surface area contributed by atoms with Crippen molar-refractivity contribution in [1.29, 1.82) is 0 Å². The van der Waals surface area contributed by atoms with E-state index in [1.54, 1.807) is 18.4 Å². The van der Waals surface area contributed by atoms with E-state index in [0.29, 0.717) is 6.04 Å². The zero-order valence-corrected chi connectivity index (χ0v) is 14.7. The van der Waals surface area contributed by atoms with E-state index < -0.39 is 0 Å². The van der Waals surface area contributed by atoms with Crippen LogP contribution in [0.3, 0.4) is 0 Å². The van der Waals surface area contributed by atoms with Crippen LogP contribution in [0.25, 0.3) is 0 Å². The first-order valence-corrected chi connectivity index (χ1v) is 8.31. The van der Waals surface area contributed by atoms with Crippen molar-refractivity contribution in [1.82, 2.24) is 5.32 Å². The Morgan fingerprint density at radius 1 is 1.26 bits per heavy atom. The minimum absolute atomic E-state index is 0.311. The van der Waals surface area contributed by atoms with Gasteiger partial charge < -0.3 is 10.1 Å². The van der Waals surface area contributed by atoms with Crippen LogP contribution in [0.5, 0.6) is 5.75 Å². The fraction of sp³-hybridized carbons (Fsp3) is 0.286. The maximum Gasteiger partial charge on any atom is 0.118 e. The van der Waals surface area contributed by atoms with Crippen LogP contribution >= 0.6 is 43.2 Å². The highest BCUT2D eigenvalue weighted by Crippen LogP contribution is 2.32. The molecule has 0 spiro atoms. The number of methoxy groups -OCH3 is 1. The SMILES string of the molecule is COc1ccc([C@H](C)NCc2cc(Br)c(Br)s2)cc1. The van der Waals surface area contributed by atoms with Crippen LogP contribution in [-0.4, -0.2) is 7.11 Å². The van der Waals surface area contributed by atoms with Gasteiger partial charge in [-0.3, -0.25) is 0 Å². The molecule has 0 unspecified atom stereocenters. The maximum absolute atomic E-state index is 5.16. The van der Waals surface area contributed by atoms with Crippen LogP contribution in [0, 0.1) is 0 Å². The van der Waals surface area contributed by atoms with E-state index in [1.807, 2.05) is 12.1 Å². The Labute approximate surface area is 134 Å². The van der Waals surface area contributed by atoms with Crippen LogP contribution in [0.15, 0.2) is 38.6 Å². The number of rotatable bonds is 5. The molecule has 0 saturated heterocycles. The van der Waals surface area contributed by atoms with Crippen molar-refractivity contribution in [3.63, 3.8) is 0 Å². The predicted octanol–water partition coefficient (Wildman–Crippen LogP) is 5.13. The Hall–Kier alpha value is -0.360. The molecule has 2 aromatic rings. The summed E-state index contributed by atoms with van der Waals surface area (Å²) in [6.07, 6.45) is 0. The minimum atomic E-state index is 0.311. The smallest absolute Gasteiger partial charge is 0.118 e. The lowest BCUT2D eigenvalue weighted by atomic mass is 10.1. The lowest BCUT2D eigenvalue weighted by molar-refractivity contribution is 0.414. The monoisotopic (exact) mass is 403 g/mol. The van der Waals surface area contributed by atoms with E-state index in [2.05, 4.69) is 62.3 Å². The number of halogens is 2. The molecule has 1 heterocycles. The number of hydrogen-bond acceptors (Lipinski definition) is 3. The molecule has 2 rings (SSSR count). The van der Waals surface area contributed by atoms with E-state index in [0.717, 1.165) is 20.6 Å². The first-order chi connectivity index (χ1) is 9.10. The van der Waals surface area contributed by atoms with Gasteiger partial charge in [0.1, 0.15) is 5.75 Å². The fourth-order valence-corrected chi connectivity index (χ4v) is 3.87. The number of thiophene rings is 1. The Kier molecular flexibility index (Phi) is 5.45. The molecular weight excluding hydrogens is 390 g/mol. The number of ether oxygens (including phenoxy) is 1. The third-order valence-electron chi connectivity index (χ3n) is 2.89. The zero-order valence-electron chi connectivity index (χ0n) is 10.7. The fourth-order valence-electron chi connectivity index (χ4n) is 1.74. The summed E-state index contributed by atoms with van der Waals surface area (Å²) in [6.45, 7) is 3.03. The molecule has 2 nitrogen and oxygen atoms in total. The maximum atomic E-state index is 5.16. The quantitative estimate of drug-likeness (QED) is 0.745. The van der Waals surface area contributed by atoms with Crippen molar-refractivity contribution in [2.45, 2.75) is 19.5 Å². The molecule has 1 N–H and O–H groups in total. The number of hydrogen-bond donors (Lipinski definition) is 1. The molecule has 0 saturated carbocycles. The molecule has 0 aliphatic heterocycles. The van der Waals surface area contributed by atoms with E-state index in [-0.39, 0.29) is 0 Å². The molecule has 0 aliphatic rings. The summed E-state index contributed by atoms with van der Waals surface area (Å²) in [4.78, 5) is 1.30.